The van der Waals surface area contributed by atoms with Gasteiger partial charge < -0.3 is 9.52 Å². The molecular formula is C14H24N2O3. The second kappa shape index (κ2) is 6.19. The number of aromatic nitrogens is 1. The smallest absolute Gasteiger partial charge is 0.317 e. The lowest BCUT2D eigenvalue weighted by Crippen LogP contribution is -2.33. The molecule has 108 valence electrons. The van der Waals surface area contributed by atoms with E-state index in [2.05, 4.69) is 25.8 Å². The number of carbonyl (C=O) groups is 1. The monoisotopic (exact) mass is 268 g/mol. The van der Waals surface area contributed by atoms with Crippen LogP contribution in [0.3, 0.4) is 0 Å². The van der Waals surface area contributed by atoms with Gasteiger partial charge in [-0.2, -0.15) is 0 Å². The van der Waals surface area contributed by atoms with Crippen LogP contribution in [-0.4, -0.2) is 34.0 Å². The van der Waals surface area contributed by atoms with Gasteiger partial charge in [-0.05, 0) is 19.9 Å². The molecule has 0 radical (unpaired) electrons. The summed E-state index contributed by atoms with van der Waals surface area (Å²) >= 11 is 0. The molecule has 0 fully saturated rings. The van der Waals surface area contributed by atoms with Crippen molar-refractivity contribution in [3.8, 4) is 0 Å². The van der Waals surface area contributed by atoms with Crippen LogP contribution in [0.1, 0.15) is 58.7 Å². The molecule has 19 heavy (non-hydrogen) atoms. The number of rotatable bonds is 6. The topological polar surface area (TPSA) is 66.6 Å². The molecule has 0 bridgehead atoms. The molecule has 1 aromatic heterocycles. The van der Waals surface area contributed by atoms with Crippen molar-refractivity contribution in [3.63, 3.8) is 0 Å². The minimum atomic E-state index is -0.831. The number of carboxylic acid groups (broad SMARTS) is 1. The molecular weight excluding hydrogens is 244 g/mol. The van der Waals surface area contributed by atoms with E-state index in [1.807, 2.05) is 18.7 Å². The van der Waals surface area contributed by atoms with E-state index in [1.54, 1.807) is 6.20 Å². The maximum absolute atomic E-state index is 10.9. The number of carboxylic acids is 1. The highest BCUT2D eigenvalue weighted by atomic mass is 16.4. The van der Waals surface area contributed by atoms with Crippen LogP contribution < -0.4 is 0 Å². The quantitative estimate of drug-likeness (QED) is 0.859. The van der Waals surface area contributed by atoms with Gasteiger partial charge in [0, 0.05) is 5.41 Å². The van der Waals surface area contributed by atoms with Crippen LogP contribution in [0, 0.1) is 0 Å². The molecule has 1 atom stereocenters. The lowest BCUT2D eigenvalue weighted by molar-refractivity contribution is -0.139. The van der Waals surface area contributed by atoms with Crippen LogP contribution in [0.25, 0.3) is 0 Å². The minimum Gasteiger partial charge on any atom is -0.480 e. The normalized spacial score (nSPS) is 13.8. The molecule has 0 spiro atoms. The molecule has 0 aromatic carbocycles. The second-order valence-electron chi connectivity index (χ2n) is 5.85. The van der Waals surface area contributed by atoms with Crippen molar-refractivity contribution in [2.24, 2.45) is 0 Å². The summed E-state index contributed by atoms with van der Waals surface area (Å²) < 4.78 is 5.77. The minimum absolute atomic E-state index is 0.00222. The molecule has 0 saturated heterocycles. The molecule has 1 rings (SSSR count). The van der Waals surface area contributed by atoms with Crippen LogP contribution in [0.15, 0.2) is 10.6 Å². The van der Waals surface area contributed by atoms with Gasteiger partial charge in [0.05, 0.1) is 18.8 Å². The maximum atomic E-state index is 10.9. The van der Waals surface area contributed by atoms with Crippen molar-refractivity contribution in [1.82, 2.24) is 9.88 Å². The summed E-state index contributed by atoms with van der Waals surface area (Å²) in [5, 5.41) is 8.95. The highest BCUT2D eigenvalue weighted by Crippen LogP contribution is 2.27. The molecule has 0 aliphatic carbocycles. The molecule has 0 saturated carbocycles. The Balaban J connectivity index is 2.87. The Morgan fingerprint density at radius 3 is 2.58 bits per heavy atom. The van der Waals surface area contributed by atoms with E-state index < -0.39 is 5.97 Å². The molecule has 5 nitrogen and oxygen atoms in total. The summed E-state index contributed by atoms with van der Waals surface area (Å²) in [7, 11) is 0. The molecule has 1 aromatic rings. The van der Waals surface area contributed by atoms with E-state index in [0.29, 0.717) is 12.4 Å². The van der Waals surface area contributed by atoms with Gasteiger partial charge in [-0.15, -0.1) is 0 Å². The Morgan fingerprint density at radius 2 is 2.16 bits per heavy atom. The standard InChI is InChI=1S/C14H24N2O3/c1-6-7-16(9-12(17)18)10(2)13-15-8-11(19-13)14(3,4)5/h8,10H,6-7,9H2,1-5H3,(H,17,18). The van der Waals surface area contributed by atoms with Crippen LogP contribution in [-0.2, 0) is 10.2 Å². The first-order valence-electron chi connectivity index (χ1n) is 6.67. The first kappa shape index (κ1) is 15.7. The zero-order chi connectivity index (χ0) is 14.6. The predicted octanol–water partition coefficient (Wildman–Crippen LogP) is 2.83. The highest BCUT2D eigenvalue weighted by Gasteiger charge is 2.25. The number of aliphatic carboxylic acids is 1. The first-order valence-corrected chi connectivity index (χ1v) is 6.67. The van der Waals surface area contributed by atoms with Crippen LogP contribution in [0.2, 0.25) is 0 Å². The SMILES string of the molecule is CCCN(CC(=O)O)C(C)c1ncc(C(C)(C)C)o1. The fraction of sp³-hybridized carbons (Fsp3) is 0.714. The van der Waals surface area contributed by atoms with Crippen molar-refractivity contribution in [3.05, 3.63) is 17.8 Å². The fourth-order valence-corrected chi connectivity index (χ4v) is 1.85. The summed E-state index contributed by atoms with van der Waals surface area (Å²) in [5.74, 6) is 0.573. The van der Waals surface area contributed by atoms with Crippen LogP contribution in [0.5, 0.6) is 0 Å². The molecule has 0 aliphatic heterocycles. The summed E-state index contributed by atoms with van der Waals surface area (Å²) in [4.78, 5) is 17.0. The van der Waals surface area contributed by atoms with Crippen molar-refractivity contribution < 1.29 is 14.3 Å². The molecule has 0 aliphatic rings. The van der Waals surface area contributed by atoms with E-state index in [0.717, 1.165) is 12.2 Å². The van der Waals surface area contributed by atoms with E-state index in [1.165, 1.54) is 0 Å². The molecule has 1 unspecified atom stereocenters. The van der Waals surface area contributed by atoms with Gasteiger partial charge in [0.1, 0.15) is 5.76 Å². The first-order chi connectivity index (χ1) is 8.75. The van der Waals surface area contributed by atoms with Gasteiger partial charge in [-0.25, -0.2) is 4.98 Å². The molecule has 1 heterocycles. The largest absolute Gasteiger partial charge is 0.480 e. The average Bonchev–Trinajstić information content (AvgIpc) is 2.75. The van der Waals surface area contributed by atoms with Gasteiger partial charge in [0.15, 0.2) is 0 Å². The summed E-state index contributed by atoms with van der Waals surface area (Å²) in [6.45, 7) is 10.8. The zero-order valence-electron chi connectivity index (χ0n) is 12.4. The summed E-state index contributed by atoms with van der Waals surface area (Å²) in [6.07, 6.45) is 2.63. The Morgan fingerprint density at radius 1 is 1.53 bits per heavy atom. The number of oxazole rings is 1. The number of hydrogen-bond acceptors (Lipinski definition) is 4. The Kier molecular flexibility index (Phi) is 5.11. The van der Waals surface area contributed by atoms with E-state index >= 15 is 0 Å². The van der Waals surface area contributed by atoms with Crippen molar-refractivity contribution >= 4 is 5.97 Å². The maximum Gasteiger partial charge on any atom is 0.317 e. The lowest BCUT2D eigenvalue weighted by atomic mass is 9.94. The van der Waals surface area contributed by atoms with E-state index in [-0.39, 0.29) is 18.0 Å². The van der Waals surface area contributed by atoms with Gasteiger partial charge >= 0.3 is 5.97 Å². The summed E-state index contributed by atoms with van der Waals surface area (Å²) in [5.41, 5.74) is -0.0899. The number of hydrogen-bond donors (Lipinski definition) is 1. The van der Waals surface area contributed by atoms with Crippen molar-refractivity contribution in [1.29, 1.82) is 0 Å². The Labute approximate surface area is 114 Å². The van der Waals surface area contributed by atoms with E-state index in [9.17, 15) is 4.79 Å². The molecule has 5 heteroatoms. The van der Waals surface area contributed by atoms with Crippen molar-refractivity contribution in [2.45, 2.75) is 52.5 Å². The zero-order valence-corrected chi connectivity index (χ0v) is 12.4. The third-order valence-corrected chi connectivity index (χ3v) is 3.02. The predicted molar refractivity (Wildman–Crippen MR) is 73.1 cm³/mol. The molecule has 0 amide bonds. The van der Waals surface area contributed by atoms with Crippen LogP contribution >= 0.6 is 0 Å². The molecule has 1 N–H and O–H groups in total. The van der Waals surface area contributed by atoms with E-state index in [4.69, 9.17) is 9.52 Å². The Hall–Kier alpha value is -1.36. The van der Waals surface area contributed by atoms with Crippen molar-refractivity contribution in [2.75, 3.05) is 13.1 Å². The number of nitrogens with zero attached hydrogens (tertiary/aromatic N) is 2. The lowest BCUT2D eigenvalue weighted by Gasteiger charge is -2.24. The second-order valence-corrected chi connectivity index (χ2v) is 5.85. The third-order valence-electron chi connectivity index (χ3n) is 3.02. The van der Waals surface area contributed by atoms with Gasteiger partial charge in [-0.1, -0.05) is 27.7 Å². The van der Waals surface area contributed by atoms with Gasteiger partial charge in [-0.3, -0.25) is 9.69 Å². The third kappa shape index (κ3) is 4.35. The fourth-order valence-electron chi connectivity index (χ4n) is 1.85. The van der Waals surface area contributed by atoms with Gasteiger partial charge in [0.25, 0.3) is 0 Å². The Bertz CT molecular complexity index is 421. The van der Waals surface area contributed by atoms with Crippen LogP contribution in [0.4, 0.5) is 0 Å². The van der Waals surface area contributed by atoms with Gasteiger partial charge in [0.2, 0.25) is 5.89 Å². The average molecular weight is 268 g/mol. The summed E-state index contributed by atoms with van der Waals surface area (Å²) in [6, 6.07) is -0.132. The highest BCUT2D eigenvalue weighted by molar-refractivity contribution is 5.69.